The lowest BCUT2D eigenvalue weighted by molar-refractivity contribution is 0.101. The summed E-state index contributed by atoms with van der Waals surface area (Å²) >= 11 is 0. The highest BCUT2D eigenvalue weighted by molar-refractivity contribution is 4.96. The van der Waals surface area contributed by atoms with E-state index in [-0.39, 0.29) is 12.1 Å². The van der Waals surface area contributed by atoms with Gasteiger partial charge < -0.3 is 16.2 Å². The van der Waals surface area contributed by atoms with Crippen LogP contribution in [0, 0.1) is 11.3 Å². The van der Waals surface area contributed by atoms with Crippen LogP contribution in [0.1, 0.15) is 59.3 Å². The van der Waals surface area contributed by atoms with Gasteiger partial charge in [0.1, 0.15) is 0 Å². The monoisotopic (exact) mass is 256 g/mol. The van der Waals surface area contributed by atoms with Crippen LogP contribution in [0.2, 0.25) is 0 Å². The highest BCUT2D eigenvalue weighted by atomic mass is 16.3. The van der Waals surface area contributed by atoms with Crippen LogP contribution in [0.25, 0.3) is 0 Å². The van der Waals surface area contributed by atoms with E-state index in [0.717, 1.165) is 25.4 Å². The van der Waals surface area contributed by atoms with Crippen molar-refractivity contribution in [1.82, 2.24) is 5.32 Å². The summed E-state index contributed by atoms with van der Waals surface area (Å²) in [7, 11) is 0. The summed E-state index contributed by atoms with van der Waals surface area (Å²) < 4.78 is 0. The van der Waals surface area contributed by atoms with E-state index in [1.165, 1.54) is 32.1 Å². The fraction of sp³-hybridized carbons (Fsp3) is 1.00. The smallest absolute Gasteiger partial charge is 0.0443 e. The van der Waals surface area contributed by atoms with Crippen molar-refractivity contribution in [2.45, 2.75) is 64.8 Å². The Kier molecular flexibility index (Phi) is 6.09. The molecule has 1 rings (SSSR count). The molecule has 0 amide bonds. The van der Waals surface area contributed by atoms with Gasteiger partial charge in [-0.15, -0.1) is 0 Å². The van der Waals surface area contributed by atoms with E-state index < -0.39 is 0 Å². The van der Waals surface area contributed by atoms with Crippen LogP contribution in [-0.2, 0) is 0 Å². The first-order valence-electron chi connectivity index (χ1n) is 7.55. The van der Waals surface area contributed by atoms with E-state index in [4.69, 9.17) is 10.8 Å². The lowest BCUT2D eigenvalue weighted by Crippen LogP contribution is -2.54. The van der Waals surface area contributed by atoms with Crippen LogP contribution >= 0.6 is 0 Å². The number of hydrogen-bond acceptors (Lipinski definition) is 3. The average molecular weight is 256 g/mol. The highest BCUT2D eigenvalue weighted by Gasteiger charge is 2.38. The predicted octanol–water partition coefficient (Wildman–Crippen LogP) is 2.28. The third-order valence-electron chi connectivity index (χ3n) is 5.18. The van der Waals surface area contributed by atoms with E-state index >= 15 is 0 Å². The molecule has 0 heterocycles. The van der Waals surface area contributed by atoms with Gasteiger partial charge in [-0.2, -0.15) is 0 Å². The molecule has 1 aliphatic rings. The molecule has 0 aromatic carbocycles. The number of aliphatic hydroxyl groups is 1. The van der Waals surface area contributed by atoms with E-state index in [1.54, 1.807) is 0 Å². The SMILES string of the molecule is CCC(C)(C)C1CCC(CN)(NCCCO)CC1. The number of rotatable bonds is 7. The topological polar surface area (TPSA) is 58.3 Å². The van der Waals surface area contributed by atoms with Gasteiger partial charge in [0, 0.05) is 18.7 Å². The lowest BCUT2D eigenvalue weighted by atomic mass is 9.65. The number of aliphatic hydroxyl groups excluding tert-OH is 1. The van der Waals surface area contributed by atoms with Crippen molar-refractivity contribution in [3.8, 4) is 0 Å². The van der Waals surface area contributed by atoms with Gasteiger partial charge in [0.25, 0.3) is 0 Å². The zero-order valence-electron chi connectivity index (χ0n) is 12.5. The maximum Gasteiger partial charge on any atom is 0.0443 e. The fourth-order valence-corrected chi connectivity index (χ4v) is 3.13. The van der Waals surface area contributed by atoms with Crippen LogP contribution in [0.15, 0.2) is 0 Å². The normalized spacial score (nSPS) is 29.5. The van der Waals surface area contributed by atoms with Gasteiger partial charge in [0.15, 0.2) is 0 Å². The second-order valence-corrected chi connectivity index (χ2v) is 6.60. The zero-order valence-corrected chi connectivity index (χ0v) is 12.5. The zero-order chi connectivity index (χ0) is 13.6. The molecule has 0 atom stereocenters. The summed E-state index contributed by atoms with van der Waals surface area (Å²) in [6.45, 7) is 8.95. The third-order valence-corrected chi connectivity index (χ3v) is 5.18. The molecule has 1 aliphatic carbocycles. The molecular weight excluding hydrogens is 224 g/mol. The molecule has 0 spiro atoms. The van der Waals surface area contributed by atoms with E-state index in [2.05, 4.69) is 26.1 Å². The Morgan fingerprint density at radius 1 is 1.33 bits per heavy atom. The lowest BCUT2D eigenvalue weighted by Gasteiger charge is -2.45. The Labute approximate surface area is 113 Å². The minimum atomic E-state index is 0.134. The van der Waals surface area contributed by atoms with Crippen molar-refractivity contribution < 1.29 is 5.11 Å². The van der Waals surface area contributed by atoms with Crippen molar-refractivity contribution in [2.24, 2.45) is 17.1 Å². The molecule has 3 heteroatoms. The first-order chi connectivity index (χ1) is 8.49. The van der Waals surface area contributed by atoms with E-state index in [1.807, 2.05) is 0 Å². The summed E-state index contributed by atoms with van der Waals surface area (Å²) in [5.41, 5.74) is 6.58. The molecule has 0 unspecified atom stereocenters. The second kappa shape index (κ2) is 6.88. The van der Waals surface area contributed by atoms with Crippen molar-refractivity contribution in [2.75, 3.05) is 19.7 Å². The highest BCUT2D eigenvalue weighted by Crippen LogP contribution is 2.43. The number of nitrogens with two attached hydrogens (primary N) is 1. The Balaban J connectivity index is 2.48. The average Bonchev–Trinajstić information content (AvgIpc) is 2.39. The van der Waals surface area contributed by atoms with E-state index in [0.29, 0.717) is 5.41 Å². The number of nitrogens with one attached hydrogen (secondary N) is 1. The van der Waals surface area contributed by atoms with Crippen LogP contribution < -0.4 is 11.1 Å². The quantitative estimate of drug-likeness (QED) is 0.613. The maximum atomic E-state index is 8.86. The molecule has 0 saturated heterocycles. The number of hydrogen-bond donors (Lipinski definition) is 3. The summed E-state index contributed by atoms with van der Waals surface area (Å²) in [4.78, 5) is 0. The van der Waals surface area contributed by atoms with Gasteiger partial charge in [0.05, 0.1) is 0 Å². The second-order valence-electron chi connectivity index (χ2n) is 6.60. The van der Waals surface area contributed by atoms with Crippen LogP contribution in [0.3, 0.4) is 0 Å². The van der Waals surface area contributed by atoms with Gasteiger partial charge >= 0.3 is 0 Å². The fourth-order valence-electron chi connectivity index (χ4n) is 3.13. The largest absolute Gasteiger partial charge is 0.396 e. The molecule has 1 saturated carbocycles. The minimum absolute atomic E-state index is 0.134. The summed E-state index contributed by atoms with van der Waals surface area (Å²) in [6, 6.07) is 0. The first-order valence-corrected chi connectivity index (χ1v) is 7.55. The van der Waals surface area contributed by atoms with Crippen molar-refractivity contribution in [3.63, 3.8) is 0 Å². The molecule has 18 heavy (non-hydrogen) atoms. The standard InChI is InChI=1S/C15H32N2O/c1-4-14(2,3)13-6-8-15(12-16,9-7-13)17-10-5-11-18/h13,17-18H,4-12,16H2,1-3H3. The molecule has 0 bridgehead atoms. The molecular formula is C15H32N2O. The van der Waals surface area contributed by atoms with Crippen molar-refractivity contribution >= 4 is 0 Å². The van der Waals surface area contributed by atoms with Crippen molar-refractivity contribution in [3.05, 3.63) is 0 Å². The van der Waals surface area contributed by atoms with E-state index in [9.17, 15) is 0 Å². The summed E-state index contributed by atoms with van der Waals surface area (Å²) in [6.07, 6.45) is 7.01. The molecule has 3 nitrogen and oxygen atoms in total. The van der Waals surface area contributed by atoms with Gasteiger partial charge in [-0.05, 0) is 50.0 Å². The third kappa shape index (κ3) is 3.94. The molecule has 0 radical (unpaired) electrons. The molecule has 4 N–H and O–H groups in total. The summed E-state index contributed by atoms with van der Waals surface area (Å²) in [5, 5.41) is 12.5. The Hall–Kier alpha value is -0.120. The van der Waals surface area contributed by atoms with Crippen LogP contribution in [0.5, 0.6) is 0 Å². The van der Waals surface area contributed by atoms with Crippen molar-refractivity contribution in [1.29, 1.82) is 0 Å². The van der Waals surface area contributed by atoms with Gasteiger partial charge in [-0.3, -0.25) is 0 Å². The molecule has 0 aliphatic heterocycles. The first kappa shape index (κ1) is 15.9. The van der Waals surface area contributed by atoms with Crippen LogP contribution in [-0.4, -0.2) is 30.3 Å². The van der Waals surface area contributed by atoms with Gasteiger partial charge in [0.2, 0.25) is 0 Å². The Morgan fingerprint density at radius 3 is 2.39 bits per heavy atom. The Bertz CT molecular complexity index is 233. The van der Waals surface area contributed by atoms with Crippen LogP contribution in [0.4, 0.5) is 0 Å². The molecule has 0 aromatic rings. The van der Waals surface area contributed by atoms with Gasteiger partial charge in [-0.25, -0.2) is 0 Å². The van der Waals surface area contributed by atoms with Gasteiger partial charge in [-0.1, -0.05) is 27.2 Å². The molecule has 0 aromatic heterocycles. The molecule has 1 fully saturated rings. The maximum absolute atomic E-state index is 8.86. The molecule has 108 valence electrons. The summed E-state index contributed by atoms with van der Waals surface area (Å²) in [5.74, 6) is 0.835. The predicted molar refractivity (Wildman–Crippen MR) is 77.5 cm³/mol. The minimum Gasteiger partial charge on any atom is -0.396 e. The Morgan fingerprint density at radius 2 is 1.94 bits per heavy atom.